The van der Waals surface area contributed by atoms with Crippen molar-refractivity contribution >= 4 is 5.97 Å². The van der Waals surface area contributed by atoms with E-state index in [1.54, 1.807) is 6.07 Å². The molecule has 2 rings (SSSR count). The lowest BCUT2D eigenvalue weighted by Crippen LogP contribution is -2.00. The van der Waals surface area contributed by atoms with Crippen LogP contribution in [0.3, 0.4) is 0 Å². The molecule has 0 spiro atoms. The molecule has 0 unspecified atom stereocenters. The van der Waals surface area contributed by atoms with Crippen LogP contribution >= 0.6 is 0 Å². The molecule has 68 valence electrons. The zero-order valence-electron chi connectivity index (χ0n) is 7.15. The number of pyridine rings is 1. The summed E-state index contributed by atoms with van der Waals surface area (Å²) in [5.41, 5.74) is 1.95. The van der Waals surface area contributed by atoms with Crippen LogP contribution in [0.15, 0.2) is 12.3 Å². The molecule has 4 heteroatoms. The standard InChI is InChI=1S/C9H9NO3/c1-5-7-2-6(9(11)12)3-10-8(7)4-13-5/h2-3,5H,4H2,1H3,(H,11,12)/t5-/m1/s1. The number of aromatic carboxylic acids is 1. The summed E-state index contributed by atoms with van der Waals surface area (Å²) in [6, 6.07) is 1.63. The molecule has 0 fully saturated rings. The van der Waals surface area contributed by atoms with Gasteiger partial charge in [0.05, 0.1) is 24.0 Å². The van der Waals surface area contributed by atoms with Crippen LogP contribution in [-0.4, -0.2) is 16.1 Å². The zero-order chi connectivity index (χ0) is 9.42. The lowest BCUT2D eigenvalue weighted by Gasteiger charge is -2.02. The van der Waals surface area contributed by atoms with Crippen LogP contribution in [0.2, 0.25) is 0 Å². The third kappa shape index (κ3) is 1.29. The van der Waals surface area contributed by atoms with Crippen LogP contribution in [0.25, 0.3) is 0 Å². The normalized spacial score (nSPS) is 19.9. The van der Waals surface area contributed by atoms with Crippen LogP contribution < -0.4 is 0 Å². The number of hydrogen-bond acceptors (Lipinski definition) is 3. The van der Waals surface area contributed by atoms with Gasteiger partial charge in [0, 0.05) is 11.8 Å². The van der Waals surface area contributed by atoms with Gasteiger partial charge in [-0.3, -0.25) is 4.98 Å². The number of nitrogens with zero attached hydrogens (tertiary/aromatic N) is 1. The molecule has 0 radical (unpaired) electrons. The second-order valence-corrected chi connectivity index (χ2v) is 3.02. The van der Waals surface area contributed by atoms with E-state index >= 15 is 0 Å². The molecule has 4 nitrogen and oxygen atoms in total. The number of ether oxygens (including phenoxy) is 1. The van der Waals surface area contributed by atoms with E-state index in [1.807, 2.05) is 6.92 Å². The number of carbonyl (C=O) groups is 1. The van der Waals surface area contributed by atoms with Crippen LogP contribution in [-0.2, 0) is 11.3 Å². The molecule has 1 aromatic rings. The highest BCUT2D eigenvalue weighted by Gasteiger charge is 2.21. The van der Waals surface area contributed by atoms with E-state index in [0.29, 0.717) is 6.61 Å². The van der Waals surface area contributed by atoms with Gasteiger partial charge in [-0.25, -0.2) is 4.79 Å². The zero-order valence-corrected chi connectivity index (χ0v) is 7.15. The van der Waals surface area contributed by atoms with Gasteiger partial charge in [-0.05, 0) is 13.0 Å². The molecule has 0 saturated heterocycles. The Kier molecular flexibility index (Phi) is 1.77. The summed E-state index contributed by atoms with van der Waals surface area (Å²) < 4.78 is 5.30. The fraction of sp³-hybridized carbons (Fsp3) is 0.333. The second-order valence-electron chi connectivity index (χ2n) is 3.02. The predicted octanol–water partition coefficient (Wildman–Crippen LogP) is 1.37. The van der Waals surface area contributed by atoms with Crippen molar-refractivity contribution in [1.29, 1.82) is 0 Å². The van der Waals surface area contributed by atoms with Gasteiger partial charge in [0.2, 0.25) is 0 Å². The summed E-state index contributed by atoms with van der Waals surface area (Å²) in [7, 11) is 0. The molecule has 1 aromatic heterocycles. The summed E-state index contributed by atoms with van der Waals surface area (Å²) in [5, 5.41) is 8.72. The molecular formula is C9H9NO3. The fourth-order valence-corrected chi connectivity index (χ4v) is 1.39. The minimum atomic E-state index is -0.950. The van der Waals surface area contributed by atoms with Crippen LogP contribution in [0.1, 0.15) is 34.6 Å². The van der Waals surface area contributed by atoms with Gasteiger partial charge in [-0.2, -0.15) is 0 Å². The average Bonchev–Trinajstić information content (AvgIpc) is 2.47. The van der Waals surface area contributed by atoms with Crippen LogP contribution in [0, 0.1) is 0 Å². The van der Waals surface area contributed by atoms with Gasteiger partial charge in [-0.1, -0.05) is 0 Å². The molecule has 1 aliphatic rings. The van der Waals surface area contributed by atoms with Crippen molar-refractivity contribution in [1.82, 2.24) is 4.98 Å². The highest BCUT2D eigenvalue weighted by molar-refractivity contribution is 5.87. The highest BCUT2D eigenvalue weighted by atomic mass is 16.5. The Morgan fingerprint density at radius 3 is 3.23 bits per heavy atom. The highest BCUT2D eigenvalue weighted by Crippen LogP contribution is 2.28. The minimum absolute atomic E-state index is 0.0400. The first kappa shape index (κ1) is 8.19. The Labute approximate surface area is 75.2 Å². The Morgan fingerprint density at radius 1 is 1.77 bits per heavy atom. The quantitative estimate of drug-likeness (QED) is 0.707. The maximum absolute atomic E-state index is 10.6. The topological polar surface area (TPSA) is 59.4 Å². The van der Waals surface area contributed by atoms with Crippen molar-refractivity contribution in [3.8, 4) is 0 Å². The molecule has 1 atom stereocenters. The minimum Gasteiger partial charge on any atom is -0.478 e. The summed E-state index contributed by atoms with van der Waals surface area (Å²) in [4.78, 5) is 14.7. The number of carboxylic acids is 1. The molecule has 1 N–H and O–H groups in total. The molecule has 0 amide bonds. The molecule has 1 aliphatic heterocycles. The maximum atomic E-state index is 10.6. The van der Waals surface area contributed by atoms with Gasteiger partial charge >= 0.3 is 5.97 Å². The number of carboxylic acid groups (broad SMARTS) is 1. The van der Waals surface area contributed by atoms with Crippen molar-refractivity contribution in [2.75, 3.05) is 0 Å². The molecule has 2 heterocycles. The second kappa shape index (κ2) is 2.81. The molecule has 0 bridgehead atoms. The monoisotopic (exact) mass is 179 g/mol. The first-order valence-corrected chi connectivity index (χ1v) is 4.02. The SMILES string of the molecule is C[C@H]1OCc2ncc(C(=O)O)cc21. The number of fused-ring (bicyclic) bond motifs is 1. The Balaban J connectivity index is 2.47. The first-order chi connectivity index (χ1) is 6.18. The summed E-state index contributed by atoms with van der Waals surface area (Å²) in [5.74, 6) is -0.950. The third-order valence-corrected chi connectivity index (χ3v) is 2.16. The average molecular weight is 179 g/mol. The van der Waals surface area contributed by atoms with E-state index in [-0.39, 0.29) is 11.7 Å². The lowest BCUT2D eigenvalue weighted by molar-refractivity contribution is 0.0696. The van der Waals surface area contributed by atoms with Crippen molar-refractivity contribution in [2.24, 2.45) is 0 Å². The van der Waals surface area contributed by atoms with E-state index in [2.05, 4.69) is 4.98 Å². The van der Waals surface area contributed by atoms with Crippen LogP contribution in [0.5, 0.6) is 0 Å². The number of aromatic nitrogens is 1. The van der Waals surface area contributed by atoms with Crippen molar-refractivity contribution in [3.05, 3.63) is 29.1 Å². The third-order valence-electron chi connectivity index (χ3n) is 2.16. The van der Waals surface area contributed by atoms with Gasteiger partial charge < -0.3 is 9.84 Å². The van der Waals surface area contributed by atoms with Crippen molar-refractivity contribution in [3.63, 3.8) is 0 Å². The maximum Gasteiger partial charge on any atom is 0.337 e. The number of hydrogen-bond donors (Lipinski definition) is 1. The van der Waals surface area contributed by atoms with Gasteiger partial charge in [0.15, 0.2) is 0 Å². The largest absolute Gasteiger partial charge is 0.478 e. The van der Waals surface area contributed by atoms with Gasteiger partial charge in [0.1, 0.15) is 0 Å². The Bertz CT molecular complexity index is 362. The van der Waals surface area contributed by atoms with E-state index in [9.17, 15) is 4.79 Å². The first-order valence-electron chi connectivity index (χ1n) is 4.02. The summed E-state index contributed by atoms with van der Waals surface area (Å²) in [6.07, 6.45) is 1.32. The number of rotatable bonds is 1. The van der Waals surface area contributed by atoms with Gasteiger partial charge in [0.25, 0.3) is 0 Å². The lowest BCUT2D eigenvalue weighted by atomic mass is 10.1. The molecule has 13 heavy (non-hydrogen) atoms. The summed E-state index contributed by atoms with van der Waals surface area (Å²) >= 11 is 0. The molecule has 0 aromatic carbocycles. The predicted molar refractivity (Wildman–Crippen MR) is 44.4 cm³/mol. The van der Waals surface area contributed by atoms with Gasteiger partial charge in [-0.15, -0.1) is 0 Å². The molecular weight excluding hydrogens is 170 g/mol. The van der Waals surface area contributed by atoms with Crippen molar-refractivity contribution in [2.45, 2.75) is 19.6 Å². The molecule has 0 aliphatic carbocycles. The van der Waals surface area contributed by atoms with Crippen LogP contribution in [0.4, 0.5) is 0 Å². The molecule has 0 saturated carbocycles. The Hall–Kier alpha value is -1.42. The van der Waals surface area contributed by atoms with Crippen molar-refractivity contribution < 1.29 is 14.6 Å². The fourth-order valence-electron chi connectivity index (χ4n) is 1.39. The smallest absolute Gasteiger partial charge is 0.337 e. The summed E-state index contributed by atoms with van der Waals surface area (Å²) in [6.45, 7) is 2.37. The van der Waals surface area contributed by atoms with E-state index in [4.69, 9.17) is 9.84 Å². The van der Waals surface area contributed by atoms with E-state index in [1.165, 1.54) is 6.20 Å². The van der Waals surface area contributed by atoms with E-state index in [0.717, 1.165) is 11.3 Å². The Morgan fingerprint density at radius 2 is 2.54 bits per heavy atom. The van der Waals surface area contributed by atoms with E-state index < -0.39 is 5.97 Å².